The van der Waals surface area contributed by atoms with Gasteiger partial charge in [0.2, 0.25) is 11.8 Å². The molecule has 2 N–H and O–H groups in total. The number of rotatable bonds is 11. The molecular weight excluding hydrogens is 698 g/mol. The highest BCUT2D eigenvalue weighted by atomic mass is 19.4. The molecule has 52 heavy (non-hydrogen) atoms. The standard InChI is InChI=1S/C35H42F6N6O5/c1-8-23-17-25(30-27(10-11-28(46-30)50-7)47(23)32(49)51-9-2)45-31-42-18-26(43-19(3)12-29(48)52-33(4,5)6)24(44-31)15-20-13-21(34(36,37)38)16-22(14-20)35(39,40)41/h10-11,13-14,16,18-19,23,25,43H,8-9,12,15,17H2,1-7H3,(H,42,44,45)/t19?,23-,25+/m1/s1. The van der Waals surface area contributed by atoms with Gasteiger partial charge in [-0.1, -0.05) is 6.92 Å². The van der Waals surface area contributed by atoms with Crippen LogP contribution in [0.4, 0.5) is 48.5 Å². The highest BCUT2D eigenvalue weighted by Gasteiger charge is 2.39. The fraction of sp³-hybridized carbons (Fsp3) is 0.514. The minimum Gasteiger partial charge on any atom is -0.481 e. The van der Waals surface area contributed by atoms with E-state index in [4.69, 9.17) is 14.2 Å². The van der Waals surface area contributed by atoms with E-state index in [0.29, 0.717) is 36.4 Å². The van der Waals surface area contributed by atoms with Crippen LogP contribution in [-0.4, -0.2) is 58.4 Å². The van der Waals surface area contributed by atoms with Crippen molar-refractivity contribution in [3.8, 4) is 5.88 Å². The maximum absolute atomic E-state index is 13.7. The fourth-order valence-corrected chi connectivity index (χ4v) is 5.79. The second-order valence-corrected chi connectivity index (χ2v) is 13.3. The lowest BCUT2D eigenvalue weighted by Gasteiger charge is -2.39. The molecule has 0 saturated heterocycles. The third-order valence-electron chi connectivity index (χ3n) is 7.97. The Bertz CT molecular complexity index is 1710. The van der Waals surface area contributed by atoms with E-state index in [-0.39, 0.29) is 53.9 Å². The normalized spacial score (nSPS) is 16.8. The van der Waals surface area contributed by atoms with Crippen LogP contribution in [0.1, 0.15) is 94.9 Å². The van der Waals surface area contributed by atoms with Crippen LogP contribution >= 0.6 is 0 Å². The zero-order valence-corrected chi connectivity index (χ0v) is 29.8. The van der Waals surface area contributed by atoms with Gasteiger partial charge < -0.3 is 24.8 Å². The van der Waals surface area contributed by atoms with Crippen molar-refractivity contribution in [3.63, 3.8) is 0 Å². The minimum absolute atomic E-state index is 0.0108. The van der Waals surface area contributed by atoms with Crippen molar-refractivity contribution in [2.75, 3.05) is 29.3 Å². The molecule has 3 heterocycles. The summed E-state index contributed by atoms with van der Waals surface area (Å²) in [6.45, 7) is 10.5. The maximum atomic E-state index is 13.7. The summed E-state index contributed by atoms with van der Waals surface area (Å²) in [4.78, 5) is 40.6. The molecule has 1 amide bonds. The number of pyridine rings is 1. The quantitative estimate of drug-likeness (QED) is 0.146. The van der Waals surface area contributed by atoms with Gasteiger partial charge in [0.05, 0.1) is 66.3 Å². The Morgan fingerprint density at radius 3 is 2.21 bits per heavy atom. The van der Waals surface area contributed by atoms with Crippen molar-refractivity contribution >= 4 is 29.4 Å². The van der Waals surface area contributed by atoms with E-state index in [1.165, 1.54) is 18.2 Å². The number of benzene rings is 1. The summed E-state index contributed by atoms with van der Waals surface area (Å²) in [7, 11) is 1.43. The van der Waals surface area contributed by atoms with Crippen LogP contribution in [0.5, 0.6) is 5.88 Å². The largest absolute Gasteiger partial charge is 0.481 e. The van der Waals surface area contributed by atoms with E-state index in [9.17, 15) is 35.9 Å². The maximum Gasteiger partial charge on any atom is 0.416 e. The molecule has 0 bridgehead atoms. The second kappa shape index (κ2) is 15.8. The van der Waals surface area contributed by atoms with E-state index in [2.05, 4.69) is 25.6 Å². The molecule has 3 aromatic rings. The van der Waals surface area contributed by atoms with Gasteiger partial charge in [0.1, 0.15) is 5.60 Å². The first-order chi connectivity index (χ1) is 24.2. The first-order valence-corrected chi connectivity index (χ1v) is 16.6. The molecule has 0 fully saturated rings. The van der Waals surface area contributed by atoms with E-state index >= 15 is 0 Å². The smallest absolute Gasteiger partial charge is 0.416 e. The van der Waals surface area contributed by atoms with Gasteiger partial charge in [0.15, 0.2) is 0 Å². The Balaban J connectivity index is 1.77. The van der Waals surface area contributed by atoms with E-state index in [0.717, 1.165) is 0 Å². The zero-order valence-electron chi connectivity index (χ0n) is 29.8. The molecule has 2 aromatic heterocycles. The first-order valence-electron chi connectivity index (χ1n) is 16.6. The molecule has 4 rings (SSSR count). The van der Waals surface area contributed by atoms with Gasteiger partial charge in [0, 0.05) is 24.6 Å². The number of alkyl halides is 6. The molecule has 1 aliphatic heterocycles. The zero-order chi connectivity index (χ0) is 38.6. The number of methoxy groups -OCH3 is 1. The van der Waals surface area contributed by atoms with Crippen LogP contribution < -0.4 is 20.3 Å². The number of anilines is 3. The predicted octanol–water partition coefficient (Wildman–Crippen LogP) is 8.34. The highest BCUT2D eigenvalue weighted by Crippen LogP contribution is 2.41. The molecule has 11 nitrogen and oxygen atoms in total. The van der Waals surface area contributed by atoms with Gasteiger partial charge in [-0.05, 0) is 77.3 Å². The number of aromatic nitrogens is 3. The summed E-state index contributed by atoms with van der Waals surface area (Å²) in [5, 5.41) is 6.26. The highest BCUT2D eigenvalue weighted by molar-refractivity contribution is 5.90. The summed E-state index contributed by atoms with van der Waals surface area (Å²) in [6.07, 6.45) is -9.05. The Hall–Kier alpha value is -4.83. The summed E-state index contributed by atoms with van der Waals surface area (Å²) < 4.78 is 98.5. The molecule has 1 aromatic carbocycles. The van der Waals surface area contributed by atoms with Gasteiger partial charge in [-0.25, -0.2) is 19.7 Å². The summed E-state index contributed by atoms with van der Waals surface area (Å²) in [5.41, 5.74) is -2.90. The Morgan fingerprint density at radius 1 is 1.00 bits per heavy atom. The topological polar surface area (TPSA) is 128 Å². The Kier molecular flexibility index (Phi) is 12.2. The number of carbonyl (C=O) groups excluding carboxylic acids is 2. The number of nitrogens with zero attached hydrogens (tertiary/aromatic N) is 4. The fourth-order valence-electron chi connectivity index (χ4n) is 5.79. The van der Waals surface area contributed by atoms with Crippen LogP contribution in [0.3, 0.4) is 0 Å². The molecule has 3 atom stereocenters. The monoisotopic (exact) mass is 740 g/mol. The van der Waals surface area contributed by atoms with Crippen LogP contribution in [0.25, 0.3) is 0 Å². The SMILES string of the molecule is CCOC(=O)N1c2ccc(OC)nc2[C@@H](Nc2ncc(NC(C)CC(=O)OC(C)(C)C)c(Cc3cc(C(F)(F)F)cc(C(F)(F)F)c3)n2)C[C@H]1CC. The average molecular weight is 741 g/mol. The van der Waals surface area contributed by atoms with Crippen molar-refractivity contribution in [2.45, 2.75) is 103 Å². The van der Waals surface area contributed by atoms with E-state index in [1.807, 2.05) is 6.92 Å². The molecule has 0 radical (unpaired) electrons. The number of nitrogens with one attached hydrogen (secondary N) is 2. The molecule has 0 saturated carbocycles. The van der Waals surface area contributed by atoms with Crippen molar-refractivity contribution in [3.05, 3.63) is 64.6 Å². The van der Waals surface area contributed by atoms with Gasteiger partial charge in [0.25, 0.3) is 0 Å². The number of carbonyl (C=O) groups is 2. The third-order valence-corrected chi connectivity index (χ3v) is 7.97. The lowest BCUT2D eigenvalue weighted by Crippen LogP contribution is -2.46. The molecule has 0 spiro atoms. The van der Waals surface area contributed by atoms with Crippen LogP contribution in [0, 0.1) is 0 Å². The molecule has 17 heteroatoms. The average Bonchev–Trinajstić information content (AvgIpc) is 3.03. The molecule has 1 aliphatic rings. The second-order valence-electron chi connectivity index (χ2n) is 13.3. The van der Waals surface area contributed by atoms with Crippen LogP contribution in [-0.2, 0) is 33.0 Å². The Labute approximate surface area is 297 Å². The predicted molar refractivity (Wildman–Crippen MR) is 180 cm³/mol. The molecule has 1 unspecified atom stereocenters. The number of ether oxygens (including phenoxy) is 3. The van der Waals surface area contributed by atoms with Gasteiger partial charge in [-0.15, -0.1) is 0 Å². The minimum atomic E-state index is -5.05. The summed E-state index contributed by atoms with van der Waals surface area (Å²) in [6, 6.07) is 3.06. The van der Waals surface area contributed by atoms with Gasteiger partial charge >= 0.3 is 24.4 Å². The van der Waals surface area contributed by atoms with Crippen molar-refractivity contribution < 1.29 is 50.1 Å². The number of hydrogen-bond donors (Lipinski definition) is 2. The number of halogens is 6. The summed E-state index contributed by atoms with van der Waals surface area (Å²) in [5.74, 6) is -0.278. The van der Waals surface area contributed by atoms with Crippen molar-refractivity contribution in [1.29, 1.82) is 0 Å². The Morgan fingerprint density at radius 2 is 1.65 bits per heavy atom. The van der Waals surface area contributed by atoms with Crippen molar-refractivity contribution in [2.24, 2.45) is 0 Å². The van der Waals surface area contributed by atoms with Crippen LogP contribution in [0.15, 0.2) is 36.5 Å². The third kappa shape index (κ3) is 10.2. The van der Waals surface area contributed by atoms with Gasteiger partial charge in [-0.2, -0.15) is 26.3 Å². The number of esters is 1. The van der Waals surface area contributed by atoms with Crippen LogP contribution in [0.2, 0.25) is 0 Å². The number of fused-ring (bicyclic) bond motifs is 1. The lowest BCUT2D eigenvalue weighted by atomic mass is 9.93. The molecule has 0 aliphatic carbocycles. The number of hydrogen-bond acceptors (Lipinski definition) is 10. The summed E-state index contributed by atoms with van der Waals surface area (Å²) >= 11 is 0. The van der Waals surface area contributed by atoms with Crippen molar-refractivity contribution in [1.82, 2.24) is 15.0 Å². The van der Waals surface area contributed by atoms with Gasteiger partial charge in [-0.3, -0.25) is 9.69 Å². The molecular formula is C35H42F6N6O5. The number of amides is 1. The lowest BCUT2D eigenvalue weighted by molar-refractivity contribution is -0.155. The van der Waals surface area contributed by atoms with E-state index < -0.39 is 59.6 Å². The van der Waals surface area contributed by atoms with E-state index in [1.54, 1.807) is 46.8 Å². The first kappa shape index (κ1) is 39.9. The molecule has 284 valence electrons.